The molecule has 2 aromatic heterocycles. The molecular weight excluding hydrogens is 516 g/mol. The fourth-order valence-electron chi connectivity index (χ4n) is 4.60. The lowest BCUT2D eigenvalue weighted by Crippen LogP contribution is -2.47. The lowest BCUT2D eigenvalue weighted by Gasteiger charge is -2.33. The predicted octanol–water partition coefficient (Wildman–Crippen LogP) is 3.79. The third-order valence-corrected chi connectivity index (χ3v) is 7.47. The van der Waals surface area contributed by atoms with Gasteiger partial charge in [-0.05, 0) is 78.2 Å². The standard InChI is InChI=1S/C28H30N6O4S/c1-18-7-8-19(2)23(15-18)34(25(36)17-33-31-27(30-32-33)24-6-4-14-39-24)26(20-9-11-21(35)12-10-20)28(37)29-16-22-5-3-13-38-22/h4,6-12,14-15,22,26,35H,3,5,13,16-17H2,1-2H3,(H,29,37)/t22-,26+/m1/s1. The summed E-state index contributed by atoms with van der Waals surface area (Å²) in [4.78, 5) is 31.5. The summed E-state index contributed by atoms with van der Waals surface area (Å²) in [5.74, 6) is -0.240. The van der Waals surface area contributed by atoms with Crippen LogP contribution in [0.2, 0.25) is 0 Å². The summed E-state index contributed by atoms with van der Waals surface area (Å²) >= 11 is 1.48. The molecule has 0 unspecified atom stereocenters. The monoisotopic (exact) mass is 546 g/mol. The van der Waals surface area contributed by atoms with Crippen LogP contribution in [0, 0.1) is 13.8 Å². The van der Waals surface area contributed by atoms with Crippen LogP contribution in [0.25, 0.3) is 10.7 Å². The topological polar surface area (TPSA) is 122 Å². The predicted molar refractivity (Wildman–Crippen MR) is 147 cm³/mol. The third kappa shape index (κ3) is 6.15. The van der Waals surface area contributed by atoms with Gasteiger partial charge in [-0.15, -0.1) is 21.5 Å². The van der Waals surface area contributed by atoms with Crippen LogP contribution < -0.4 is 10.2 Å². The van der Waals surface area contributed by atoms with Crippen LogP contribution in [0.15, 0.2) is 60.0 Å². The van der Waals surface area contributed by atoms with Crippen molar-refractivity contribution in [3.63, 3.8) is 0 Å². The quantitative estimate of drug-likeness (QED) is 0.327. The van der Waals surface area contributed by atoms with E-state index in [9.17, 15) is 14.7 Å². The highest BCUT2D eigenvalue weighted by atomic mass is 32.1. The second-order valence-electron chi connectivity index (χ2n) is 9.55. The number of amides is 2. The SMILES string of the molecule is Cc1ccc(C)c(N(C(=O)Cn2nnc(-c3cccs3)n2)[C@H](C(=O)NC[C@H]2CCCO2)c2ccc(O)cc2)c1. The number of rotatable bonds is 9. The molecule has 5 rings (SSSR count). The molecule has 2 N–H and O–H groups in total. The van der Waals surface area contributed by atoms with E-state index in [4.69, 9.17) is 4.74 Å². The number of phenolic OH excluding ortho intramolecular Hbond substituents is 1. The number of anilines is 1. The summed E-state index contributed by atoms with van der Waals surface area (Å²) in [7, 11) is 0. The van der Waals surface area contributed by atoms with E-state index in [-0.39, 0.29) is 30.2 Å². The van der Waals surface area contributed by atoms with Crippen molar-refractivity contribution in [2.75, 3.05) is 18.1 Å². The van der Waals surface area contributed by atoms with Gasteiger partial charge >= 0.3 is 0 Å². The second-order valence-corrected chi connectivity index (χ2v) is 10.5. The van der Waals surface area contributed by atoms with E-state index in [0.29, 0.717) is 30.2 Å². The first-order valence-corrected chi connectivity index (χ1v) is 13.7. The molecule has 1 fully saturated rings. The molecule has 3 heterocycles. The number of tetrazole rings is 1. The highest BCUT2D eigenvalue weighted by molar-refractivity contribution is 7.13. The van der Waals surface area contributed by atoms with Crippen LogP contribution in [-0.4, -0.2) is 56.4 Å². The Morgan fingerprint density at radius 3 is 2.74 bits per heavy atom. The molecule has 2 amide bonds. The lowest BCUT2D eigenvalue weighted by atomic mass is 10.0. The lowest BCUT2D eigenvalue weighted by molar-refractivity contribution is -0.127. The molecule has 1 aliphatic rings. The Morgan fingerprint density at radius 2 is 2.03 bits per heavy atom. The minimum atomic E-state index is -1.01. The molecule has 1 saturated heterocycles. The molecule has 0 radical (unpaired) electrons. The summed E-state index contributed by atoms with van der Waals surface area (Å²) in [5.41, 5.74) is 2.92. The van der Waals surface area contributed by atoms with Crippen molar-refractivity contribution in [1.82, 2.24) is 25.5 Å². The smallest absolute Gasteiger partial charge is 0.251 e. The van der Waals surface area contributed by atoms with E-state index in [1.165, 1.54) is 33.2 Å². The molecule has 0 spiro atoms. The third-order valence-electron chi connectivity index (χ3n) is 6.61. The van der Waals surface area contributed by atoms with Gasteiger partial charge in [0.15, 0.2) is 0 Å². The summed E-state index contributed by atoms with van der Waals surface area (Å²) in [6.07, 6.45) is 1.76. The number of aromatic nitrogens is 4. The minimum Gasteiger partial charge on any atom is -0.508 e. The van der Waals surface area contributed by atoms with Crippen LogP contribution in [0.4, 0.5) is 5.69 Å². The first kappa shape index (κ1) is 26.5. The van der Waals surface area contributed by atoms with E-state index in [1.807, 2.05) is 49.6 Å². The molecule has 1 aliphatic heterocycles. The highest BCUT2D eigenvalue weighted by Crippen LogP contribution is 2.32. The molecule has 4 aromatic rings. The van der Waals surface area contributed by atoms with Crippen molar-refractivity contribution in [3.05, 3.63) is 76.7 Å². The molecule has 39 heavy (non-hydrogen) atoms. The van der Waals surface area contributed by atoms with Crippen molar-refractivity contribution in [3.8, 4) is 16.5 Å². The number of ether oxygens (including phenoxy) is 1. The maximum absolute atomic E-state index is 14.1. The van der Waals surface area contributed by atoms with Crippen LogP contribution >= 0.6 is 11.3 Å². The fraction of sp³-hybridized carbons (Fsp3) is 0.321. The van der Waals surface area contributed by atoms with Gasteiger partial charge in [0, 0.05) is 18.8 Å². The van der Waals surface area contributed by atoms with Gasteiger partial charge in [-0.2, -0.15) is 4.80 Å². The number of aromatic hydroxyl groups is 1. The van der Waals surface area contributed by atoms with Gasteiger partial charge in [-0.1, -0.05) is 30.3 Å². The largest absolute Gasteiger partial charge is 0.508 e. The van der Waals surface area contributed by atoms with Crippen LogP contribution in [0.5, 0.6) is 5.75 Å². The Kier molecular flexibility index (Phi) is 7.99. The zero-order chi connectivity index (χ0) is 27.4. The van der Waals surface area contributed by atoms with Gasteiger partial charge in [0.05, 0.1) is 11.0 Å². The summed E-state index contributed by atoms with van der Waals surface area (Å²) in [5, 5.41) is 27.4. The number of carbonyl (C=O) groups is 2. The van der Waals surface area contributed by atoms with Crippen LogP contribution in [0.1, 0.15) is 35.6 Å². The summed E-state index contributed by atoms with van der Waals surface area (Å²) < 4.78 is 5.69. The van der Waals surface area contributed by atoms with Crippen molar-refractivity contribution in [2.24, 2.45) is 0 Å². The zero-order valence-corrected chi connectivity index (χ0v) is 22.6. The zero-order valence-electron chi connectivity index (χ0n) is 21.8. The molecule has 2 atom stereocenters. The van der Waals surface area contributed by atoms with Crippen molar-refractivity contribution >= 4 is 28.8 Å². The number of nitrogens with zero attached hydrogens (tertiary/aromatic N) is 5. The first-order chi connectivity index (χ1) is 18.9. The van der Waals surface area contributed by atoms with Gasteiger partial charge in [0.2, 0.25) is 11.7 Å². The van der Waals surface area contributed by atoms with Crippen LogP contribution in [-0.2, 0) is 20.9 Å². The summed E-state index contributed by atoms with van der Waals surface area (Å²) in [6, 6.07) is 14.9. The molecule has 0 saturated carbocycles. The number of phenols is 1. The van der Waals surface area contributed by atoms with Crippen LogP contribution in [0.3, 0.4) is 0 Å². The van der Waals surface area contributed by atoms with Gasteiger partial charge < -0.3 is 15.2 Å². The van der Waals surface area contributed by atoms with Crippen molar-refractivity contribution < 1.29 is 19.4 Å². The van der Waals surface area contributed by atoms with Gasteiger partial charge in [-0.3, -0.25) is 14.5 Å². The Balaban J connectivity index is 1.52. The Morgan fingerprint density at radius 1 is 1.21 bits per heavy atom. The minimum absolute atomic E-state index is 0.0608. The Hall–Kier alpha value is -4.09. The van der Waals surface area contributed by atoms with Crippen molar-refractivity contribution in [2.45, 2.75) is 45.4 Å². The number of hydrogen-bond acceptors (Lipinski definition) is 8. The molecule has 10 nitrogen and oxygen atoms in total. The molecule has 11 heteroatoms. The normalized spacial score (nSPS) is 15.7. The highest BCUT2D eigenvalue weighted by Gasteiger charge is 2.34. The average Bonchev–Trinajstić information content (AvgIpc) is 3.71. The maximum atomic E-state index is 14.1. The van der Waals surface area contributed by atoms with Gasteiger partial charge in [0.1, 0.15) is 18.3 Å². The molecular formula is C28H30N6O4S. The number of hydrogen-bond donors (Lipinski definition) is 2. The molecule has 2 aromatic carbocycles. The molecule has 0 bridgehead atoms. The number of thiophene rings is 1. The molecule has 0 aliphatic carbocycles. The van der Waals surface area contributed by atoms with E-state index in [1.54, 1.807) is 12.1 Å². The number of aryl methyl sites for hydroxylation is 2. The average molecular weight is 547 g/mol. The van der Waals surface area contributed by atoms with E-state index in [2.05, 4.69) is 20.7 Å². The maximum Gasteiger partial charge on any atom is 0.251 e. The summed E-state index contributed by atoms with van der Waals surface area (Å²) in [6.45, 7) is 4.63. The number of nitrogens with one attached hydrogen (secondary N) is 1. The first-order valence-electron chi connectivity index (χ1n) is 12.8. The number of benzene rings is 2. The van der Waals surface area contributed by atoms with Crippen molar-refractivity contribution in [1.29, 1.82) is 0 Å². The second kappa shape index (κ2) is 11.7. The van der Waals surface area contributed by atoms with E-state index >= 15 is 0 Å². The van der Waals surface area contributed by atoms with E-state index in [0.717, 1.165) is 28.8 Å². The van der Waals surface area contributed by atoms with Gasteiger partial charge in [0.25, 0.3) is 5.91 Å². The molecule has 202 valence electrons. The Bertz CT molecular complexity index is 1430. The Labute approximate surface area is 230 Å². The number of carbonyl (C=O) groups excluding carboxylic acids is 2. The van der Waals surface area contributed by atoms with E-state index < -0.39 is 6.04 Å². The van der Waals surface area contributed by atoms with Gasteiger partial charge in [-0.25, -0.2) is 0 Å². The fourth-order valence-corrected chi connectivity index (χ4v) is 5.25.